The minimum atomic E-state index is -0.494. The predicted octanol–water partition coefficient (Wildman–Crippen LogP) is 6.15. The molecule has 0 unspecified atom stereocenters. The Kier molecular flexibility index (Phi) is 8.21. The Balaban J connectivity index is 1.52. The van der Waals surface area contributed by atoms with E-state index in [1.54, 1.807) is 32.4 Å². The second-order valence-corrected chi connectivity index (χ2v) is 10.3. The van der Waals surface area contributed by atoms with Gasteiger partial charge in [0.2, 0.25) is 5.75 Å². The van der Waals surface area contributed by atoms with Crippen LogP contribution in [0.5, 0.6) is 17.2 Å². The molecule has 0 aliphatic carbocycles. The van der Waals surface area contributed by atoms with Crippen LogP contribution < -0.4 is 19.1 Å². The van der Waals surface area contributed by atoms with E-state index in [4.69, 9.17) is 30.5 Å². The highest BCUT2D eigenvalue weighted by Crippen LogP contribution is 2.43. The van der Waals surface area contributed by atoms with E-state index in [2.05, 4.69) is 34.1 Å². The molecule has 3 aromatic rings. The van der Waals surface area contributed by atoms with Crippen LogP contribution in [-0.2, 0) is 4.74 Å². The first-order valence-electron chi connectivity index (χ1n) is 12.4. The van der Waals surface area contributed by atoms with Crippen molar-refractivity contribution in [1.29, 1.82) is 0 Å². The number of amides is 1. The lowest BCUT2D eigenvalue weighted by molar-refractivity contribution is 0.0240. The third-order valence-corrected chi connectivity index (χ3v) is 6.61. The third kappa shape index (κ3) is 6.07. The summed E-state index contributed by atoms with van der Waals surface area (Å²) in [5, 5.41) is 0.377. The van der Waals surface area contributed by atoms with Crippen molar-refractivity contribution in [2.24, 2.45) is 0 Å². The number of nitrogens with zero attached hydrogens (tertiary/aromatic N) is 3. The molecule has 0 saturated carbocycles. The van der Waals surface area contributed by atoms with Crippen LogP contribution in [-0.4, -0.2) is 69.1 Å². The number of hydrogen-bond acceptors (Lipinski definition) is 7. The monoisotopic (exact) mass is 539 g/mol. The molecule has 4 rings (SSSR count). The van der Waals surface area contributed by atoms with Crippen LogP contribution in [0.2, 0.25) is 5.15 Å². The molecule has 1 saturated heterocycles. The molecule has 2 aromatic carbocycles. The maximum absolute atomic E-state index is 12.4. The topological polar surface area (TPSA) is 73.4 Å². The van der Waals surface area contributed by atoms with E-state index >= 15 is 0 Å². The summed E-state index contributed by atoms with van der Waals surface area (Å²) in [5.41, 5.74) is 4.11. The van der Waals surface area contributed by atoms with Gasteiger partial charge in [-0.15, -0.1) is 0 Å². The molecule has 9 heteroatoms. The van der Waals surface area contributed by atoms with E-state index in [1.807, 2.05) is 39.0 Å². The van der Waals surface area contributed by atoms with Crippen molar-refractivity contribution in [3.8, 4) is 39.5 Å². The van der Waals surface area contributed by atoms with Gasteiger partial charge in [-0.3, -0.25) is 0 Å². The summed E-state index contributed by atoms with van der Waals surface area (Å²) in [7, 11) is 4.73. The lowest BCUT2D eigenvalue weighted by Gasteiger charge is -2.36. The Morgan fingerprint density at radius 3 is 1.97 bits per heavy atom. The number of carbonyl (C=O) groups is 1. The van der Waals surface area contributed by atoms with Gasteiger partial charge in [-0.1, -0.05) is 23.7 Å². The maximum Gasteiger partial charge on any atom is 0.410 e. The third-order valence-electron chi connectivity index (χ3n) is 6.31. The predicted molar refractivity (Wildman–Crippen MR) is 150 cm³/mol. The minimum absolute atomic E-state index is 0.259. The fraction of sp³-hybridized carbons (Fsp3) is 0.379. The van der Waals surface area contributed by atoms with Crippen molar-refractivity contribution in [3.63, 3.8) is 0 Å². The van der Waals surface area contributed by atoms with E-state index in [9.17, 15) is 4.79 Å². The summed E-state index contributed by atoms with van der Waals surface area (Å²) < 4.78 is 22.0. The van der Waals surface area contributed by atoms with E-state index in [1.165, 1.54) is 0 Å². The van der Waals surface area contributed by atoms with Gasteiger partial charge >= 0.3 is 6.09 Å². The molecule has 1 fully saturated rings. The van der Waals surface area contributed by atoms with Crippen LogP contribution >= 0.6 is 11.6 Å². The van der Waals surface area contributed by atoms with Crippen LogP contribution in [0.25, 0.3) is 22.3 Å². The van der Waals surface area contributed by atoms with Gasteiger partial charge in [-0.05, 0) is 62.2 Å². The average Bonchev–Trinajstić information content (AvgIpc) is 2.91. The minimum Gasteiger partial charge on any atom is -0.493 e. The Hall–Kier alpha value is -3.65. The number of aromatic nitrogens is 1. The summed E-state index contributed by atoms with van der Waals surface area (Å²) >= 11 is 6.51. The van der Waals surface area contributed by atoms with Crippen LogP contribution in [0.4, 0.5) is 10.5 Å². The van der Waals surface area contributed by atoms with Gasteiger partial charge in [0.15, 0.2) is 11.5 Å². The summed E-state index contributed by atoms with van der Waals surface area (Å²) in [6.45, 7) is 8.37. The van der Waals surface area contributed by atoms with Gasteiger partial charge < -0.3 is 28.7 Å². The SMILES string of the molecule is COc1cc(-c2cc(-c3ccc(N4CCN(C(=O)OC(C)(C)C)CC4)cc3)cnc2Cl)cc(OC)c1OC. The molecule has 2 heterocycles. The Labute approximate surface area is 229 Å². The van der Waals surface area contributed by atoms with Crippen molar-refractivity contribution >= 4 is 23.4 Å². The fourth-order valence-electron chi connectivity index (χ4n) is 4.38. The van der Waals surface area contributed by atoms with Gasteiger partial charge in [-0.25, -0.2) is 9.78 Å². The molecular weight excluding hydrogens is 506 g/mol. The Morgan fingerprint density at radius 1 is 0.842 bits per heavy atom. The highest BCUT2D eigenvalue weighted by molar-refractivity contribution is 6.32. The van der Waals surface area contributed by atoms with Crippen molar-refractivity contribution in [3.05, 3.63) is 53.8 Å². The number of rotatable bonds is 6. The second-order valence-electron chi connectivity index (χ2n) is 9.98. The van der Waals surface area contributed by atoms with Crippen molar-refractivity contribution in [2.45, 2.75) is 26.4 Å². The normalized spacial score (nSPS) is 13.8. The standard InChI is InChI=1S/C29H34ClN3O5/c1-29(2,3)38-28(34)33-13-11-32(12-14-33)22-9-7-19(8-10-22)21-15-23(27(30)31-18-21)20-16-24(35-4)26(37-6)25(17-20)36-5/h7-10,15-18H,11-14H2,1-6H3. The fourth-order valence-corrected chi connectivity index (χ4v) is 4.60. The van der Waals surface area contributed by atoms with Gasteiger partial charge in [-0.2, -0.15) is 0 Å². The van der Waals surface area contributed by atoms with Gasteiger partial charge in [0.1, 0.15) is 10.8 Å². The van der Waals surface area contributed by atoms with E-state index in [0.29, 0.717) is 35.5 Å². The van der Waals surface area contributed by atoms with Crippen LogP contribution in [0, 0.1) is 0 Å². The maximum atomic E-state index is 12.4. The highest BCUT2D eigenvalue weighted by atomic mass is 35.5. The van der Waals surface area contributed by atoms with Crippen LogP contribution in [0.15, 0.2) is 48.7 Å². The van der Waals surface area contributed by atoms with Crippen LogP contribution in [0.1, 0.15) is 20.8 Å². The number of ether oxygens (including phenoxy) is 4. The van der Waals surface area contributed by atoms with Gasteiger partial charge in [0, 0.05) is 49.2 Å². The summed E-state index contributed by atoms with van der Waals surface area (Å²) in [4.78, 5) is 20.8. The average molecular weight is 540 g/mol. The van der Waals surface area contributed by atoms with Crippen molar-refractivity contribution < 1.29 is 23.7 Å². The van der Waals surface area contributed by atoms with Crippen molar-refractivity contribution in [1.82, 2.24) is 9.88 Å². The molecule has 38 heavy (non-hydrogen) atoms. The molecule has 0 spiro atoms. The second kappa shape index (κ2) is 11.4. The zero-order valence-corrected chi connectivity index (χ0v) is 23.5. The number of benzene rings is 2. The zero-order valence-electron chi connectivity index (χ0n) is 22.7. The highest BCUT2D eigenvalue weighted by Gasteiger charge is 2.26. The molecule has 1 amide bonds. The number of anilines is 1. The first kappa shape index (κ1) is 27.4. The number of halogens is 1. The number of methoxy groups -OCH3 is 3. The first-order chi connectivity index (χ1) is 18.1. The lowest BCUT2D eigenvalue weighted by Crippen LogP contribution is -2.50. The summed E-state index contributed by atoms with van der Waals surface area (Å²) in [5.74, 6) is 1.60. The number of pyridine rings is 1. The molecule has 0 radical (unpaired) electrons. The molecule has 8 nitrogen and oxygen atoms in total. The number of hydrogen-bond donors (Lipinski definition) is 0. The smallest absolute Gasteiger partial charge is 0.410 e. The van der Waals surface area contributed by atoms with E-state index < -0.39 is 5.60 Å². The van der Waals surface area contributed by atoms with Gasteiger partial charge in [0.05, 0.1) is 21.3 Å². The van der Waals surface area contributed by atoms with Gasteiger partial charge in [0.25, 0.3) is 0 Å². The molecule has 0 N–H and O–H groups in total. The Morgan fingerprint density at radius 2 is 1.45 bits per heavy atom. The van der Waals surface area contributed by atoms with E-state index in [0.717, 1.165) is 41.0 Å². The Bertz CT molecular complexity index is 1260. The van der Waals surface area contributed by atoms with Crippen LogP contribution in [0.3, 0.4) is 0 Å². The quantitative estimate of drug-likeness (QED) is 0.348. The summed E-state index contributed by atoms with van der Waals surface area (Å²) in [6, 6.07) is 14.0. The number of piperazine rings is 1. The van der Waals surface area contributed by atoms with Crippen molar-refractivity contribution in [2.75, 3.05) is 52.4 Å². The summed E-state index contributed by atoms with van der Waals surface area (Å²) in [6.07, 6.45) is 1.50. The first-order valence-corrected chi connectivity index (χ1v) is 12.8. The molecule has 1 aliphatic rings. The molecule has 0 atom stereocenters. The zero-order chi connectivity index (χ0) is 27.4. The molecule has 202 valence electrons. The molecule has 1 aliphatic heterocycles. The molecule has 1 aromatic heterocycles. The largest absolute Gasteiger partial charge is 0.493 e. The molecular formula is C29H34ClN3O5. The van der Waals surface area contributed by atoms with E-state index in [-0.39, 0.29) is 6.09 Å². The number of carbonyl (C=O) groups excluding carboxylic acids is 1. The lowest BCUT2D eigenvalue weighted by atomic mass is 10.0. The molecule has 0 bridgehead atoms.